The summed E-state index contributed by atoms with van der Waals surface area (Å²) in [5.41, 5.74) is 4.53. The highest BCUT2D eigenvalue weighted by Crippen LogP contribution is 2.44. The highest BCUT2D eigenvalue weighted by Gasteiger charge is 2.51. The molecular formula is C25H21FN4O5S. The van der Waals surface area contributed by atoms with Crippen LogP contribution in [0.4, 0.5) is 4.39 Å². The molecule has 36 heavy (non-hydrogen) atoms. The van der Waals surface area contributed by atoms with Crippen LogP contribution in [0.1, 0.15) is 16.7 Å². The van der Waals surface area contributed by atoms with Gasteiger partial charge in [-0.15, -0.1) is 0 Å². The van der Waals surface area contributed by atoms with Crippen LogP contribution in [0.15, 0.2) is 65.7 Å². The zero-order valence-electron chi connectivity index (χ0n) is 19.5. The van der Waals surface area contributed by atoms with Gasteiger partial charge in [-0.2, -0.15) is 13.7 Å². The number of hydrogen-bond donors (Lipinski definition) is 1. The van der Waals surface area contributed by atoms with E-state index in [0.717, 1.165) is 17.2 Å². The average Bonchev–Trinajstić information content (AvgIpc) is 3.07. The lowest BCUT2D eigenvalue weighted by Gasteiger charge is -2.28. The molecule has 4 rings (SSSR count). The quantitative estimate of drug-likeness (QED) is 0.506. The van der Waals surface area contributed by atoms with Crippen LogP contribution in [-0.4, -0.2) is 45.6 Å². The number of ether oxygens (including phenoxy) is 1. The second-order valence-electron chi connectivity index (χ2n) is 8.05. The van der Waals surface area contributed by atoms with E-state index in [2.05, 4.69) is 4.99 Å². The molecule has 0 bridgehead atoms. The van der Waals surface area contributed by atoms with E-state index >= 15 is 4.39 Å². The molecule has 1 aliphatic heterocycles. The molecule has 1 unspecified atom stereocenters. The minimum Gasteiger partial charge on any atom is -0.497 e. The Morgan fingerprint density at radius 2 is 1.81 bits per heavy atom. The molecule has 0 fully saturated rings. The first kappa shape index (κ1) is 24.7. The zero-order chi connectivity index (χ0) is 26.3. The van der Waals surface area contributed by atoms with Crippen LogP contribution >= 0.6 is 0 Å². The van der Waals surface area contributed by atoms with Gasteiger partial charge in [0.25, 0.3) is 5.91 Å². The van der Waals surface area contributed by atoms with Gasteiger partial charge in [-0.1, -0.05) is 30.3 Å². The fourth-order valence-corrected chi connectivity index (χ4v) is 4.62. The number of hydrogen-bond acceptors (Lipinski definition) is 8. The first-order valence-electron chi connectivity index (χ1n) is 10.5. The number of rotatable bonds is 6. The summed E-state index contributed by atoms with van der Waals surface area (Å²) in [5, 5.41) is 10.2. The number of halogens is 1. The average molecular weight is 509 g/mol. The Morgan fingerprint density at radius 1 is 1.11 bits per heavy atom. The van der Waals surface area contributed by atoms with E-state index in [4.69, 9.17) is 14.7 Å². The molecule has 1 amide bonds. The number of carbonyl (C=O) groups excluding carboxylic acids is 1. The van der Waals surface area contributed by atoms with Gasteiger partial charge < -0.3 is 14.7 Å². The highest BCUT2D eigenvalue weighted by molar-refractivity contribution is 7.86. The van der Waals surface area contributed by atoms with Crippen LogP contribution in [0.25, 0.3) is 11.1 Å². The van der Waals surface area contributed by atoms with E-state index in [0.29, 0.717) is 11.3 Å². The topological polar surface area (TPSA) is 135 Å². The van der Waals surface area contributed by atoms with Crippen LogP contribution in [0.2, 0.25) is 0 Å². The number of methoxy groups -OCH3 is 1. The third kappa shape index (κ3) is 4.12. The molecule has 184 valence electrons. The van der Waals surface area contributed by atoms with Crippen molar-refractivity contribution in [1.82, 2.24) is 4.90 Å². The van der Waals surface area contributed by atoms with Crippen LogP contribution in [-0.2, 0) is 20.5 Å². The Hall–Kier alpha value is -4.43. The van der Waals surface area contributed by atoms with E-state index < -0.39 is 27.4 Å². The summed E-state index contributed by atoms with van der Waals surface area (Å²) in [6.07, 6.45) is 0.883. The molecule has 0 spiro atoms. The second-order valence-corrected chi connectivity index (χ2v) is 9.62. The van der Waals surface area contributed by atoms with Gasteiger partial charge in [-0.25, -0.2) is 9.38 Å². The van der Waals surface area contributed by atoms with Crippen molar-refractivity contribution in [3.63, 3.8) is 0 Å². The number of nitriles is 1. The number of carbonyl (C=O) groups is 1. The highest BCUT2D eigenvalue weighted by atomic mass is 32.2. The lowest BCUT2D eigenvalue weighted by Crippen LogP contribution is -2.41. The molecule has 1 aliphatic rings. The Morgan fingerprint density at radius 3 is 2.42 bits per heavy atom. The summed E-state index contributed by atoms with van der Waals surface area (Å²) >= 11 is 0. The summed E-state index contributed by atoms with van der Waals surface area (Å²) in [5.74, 6) is -1.06. The molecule has 3 aromatic carbocycles. The van der Waals surface area contributed by atoms with Crippen molar-refractivity contribution in [2.75, 3.05) is 20.4 Å². The van der Waals surface area contributed by atoms with Crippen molar-refractivity contribution in [3.8, 4) is 28.7 Å². The van der Waals surface area contributed by atoms with Gasteiger partial charge in [0.2, 0.25) is 0 Å². The molecule has 0 saturated heterocycles. The predicted molar refractivity (Wildman–Crippen MR) is 130 cm³/mol. The van der Waals surface area contributed by atoms with E-state index in [1.165, 1.54) is 44.5 Å². The molecule has 0 aliphatic carbocycles. The summed E-state index contributed by atoms with van der Waals surface area (Å²) in [4.78, 5) is 19.2. The standard InChI is InChI=1S/C25H21FN4O5S/c1-30-23(31)25(29-24(30)28,16-7-5-9-18(13-16)35-36(3,32)33)20-10-11-21(26)22(19(20)14-27)15-6-4-8-17(12-15)34-2/h4-13H,1-3H3,(H2,28,29). The summed E-state index contributed by atoms with van der Waals surface area (Å²) in [7, 11) is -0.999. The van der Waals surface area contributed by atoms with Gasteiger partial charge in [0.1, 0.15) is 23.4 Å². The van der Waals surface area contributed by atoms with Crippen LogP contribution in [0, 0.1) is 17.1 Å². The first-order valence-corrected chi connectivity index (χ1v) is 12.3. The number of nitrogens with two attached hydrogens (primary N) is 1. The molecule has 0 aromatic heterocycles. The van der Waals surface area contributed by atoms with Gasteiger partial charge >= 0.3 is 10.1 Å². The van der Waals surface area contributed by atoms with Gasteiger partial charge in [0.15, 0.2) is 11.5 Å². The maximum atomic E-state index is 15.2. The Bertz CT molecular complexity index is 1560. The molecule has 2 N–H and O–H groups in total. The Labute approximate surface area is 207 Å². The van der Waals surface area contributed by atoms with E-state index in [-0.39, 0.29) is 34.0 Å². The van der Waals surface area contributed by atoms with E-state index in [9.17, 15) is 18.5 Å². The van der Waals surface area contributed by atoms with Crippen molar-refractivity contribution in [1.29, 1.82) is 5.26 Å². The number of likely N-dealkylation sites (N-methyl/N-ethyl adjacent to an activating group) is 1. The first-order chi connectivity index (χ1) is 17.0. The second kappa shape index (κ2) is 8.98. The minimum atomic E-state index is -3.87. The maximum absolute atomic E-state index is 15.2. The lowest BCUT2D eigenvalue weighted by atomic mass is 9.78. The number of benzene rings is 3. The van der Waals surface area contributed by atoms with Crippen LogP contribution < -0.4 is 14.7 Å². The van der Waals surface area contributed by atoms with Crippen LogP contribution in [0.3, 0.4) is 0 Å². The molecule has 3 aromatic rings. The van der Waals surface area contributed by atoms with Crippen molar-refractivity contribution < 1.29 is 26.5 Å². The van der Waals surface area contributed by atoms with Crippen molar-refractivity contribution in [2.24, 2.45) is 10.7 Å². The maximum Gasteiger partial charge on any atom is 0.306 e. The van der Waals surface area contributed by atoms with Crippen molar-refractivity contribution in [3.05, 3.63) is 83.2 Å². The molecule has 11 heteroatoms. The molecule has 0 radical (unpaired) electrons. The van der Waals surface area contributed by atoms with Crippen LogP contribution in [0.5, 0.6) is 11.5 Å². The summed E-state index contributed by atoms with van der Waals surface area (Å²) in [6, 6.07) is 16.7. The fourth-order valence-electron chi connectivity index (χ4n) is 4.16. The van der Waals surface area contributed by atoms with Gasteiger partial charge in [0.05, 0.1) is 18.9 Å². The normalized spacial score (nSPS) is 17.5. The van der Waals surface area contributed by atoms with E-state index in [1.807, 2.05) is 6.07 Å². The molecular weight excluding hydrogens is 487 g/mol. The predicted octanol–water partition coefficient (Wildman–Crippen LogP) is 2.74. The minimum absolute atomic E-state index is 0.0482. The molecule has 1 heterocycles. The monoisotopic (exact) mass is 508 g/mol. The Kier molecular flexibility index (Phi) is 6.16. The molecule has 1 atom stereocenters. The molecule has 0 saturated carbocycles. The fraction of sp³-hybridized carbons (Fsp3) is 0.160. The van der Waals surface area contributed by atoms with E-state index in [1.54, 1.807) is 24.3 Å². The zero-order valence-corrected chi connectivity index (χ0v) is 20.3. The van der Waals surface area contributed by atoms with Gasteiger partial charge in [-0.05, 0) is 41.5 Å². The number of nitrogens with zero attached hydrogens (tertiary/aromatic N) is 3. The number of guanidine groups is 1. The largest absolute Gasteiger partial charge is 0.497 e. The molecule has 9 nitrogen and oxygen atoms in total. The van der Waals surface area contributed by atoms with Crippen molar-refractivity contribution >= 4 is 22.0 Å². The third-order valence-corrected chi connectivity index (χ3v) is 6.25. The van der Waals surface area contributed by atoms with Gasteiger partial charge in [0, 0.05) is 18.2 Å². The number of amides is 1. The smallest absolute Gasteiger partial charge is 0.306 e. The SMILES string of the molecule is COc1cccc(-c2c(F)ccc(C3(c4cccc(OS(C)(=O)=O)c4)N=C(N)N(C)C3=O)c2C#N)c1. The Balaban J connectivity index is 2.05. The lowest BCUT2D eigenvalue weighted by molar-refractivity contribution is -0.129. The van der Waals surface area contributed by atoms with Gasteiger partial charge in [-0.3, -0.25) is 9.69 Å². The summed E-state index contributed by atoms with van der Waals surface area (Å²) < 4.78 is 48.9. The summed E-state index contributed by atoms with van der Waals surface area (Å²) in [6.45, 7) is 0. The van der Waals surface area contributed by atoms with Crippen molar-refractivity contribution in [2.45, 2.75) is 5.54 Å². The third-order valence-electron chi connectivity index (χ3n) is 5.75. The number of aliphatic imine (C=N–C) groups is 1.